The lowest BCUT2D eigenvalue weighted by atomic mass is 9.89. The van der Waals surface area contributed by atoms with Crippen molar-refractivity contribution in [2.45, 2.75) is 38.1 Å². The van der Waals surface area contributed by atoms with Gasteiger partial charge in [-0.2, -0.15) is 0 Å². The maximum Gasteiger partial charge on any atom is 0.573 e. The Hall–Kier alpha value is -0.690. The monoisotopic (exact) mass is 398 g/mol. The highest BCUT2D eigenvalue weighted by Gasteiger charge is 2.34. The third-order valence-electron chi connectivity index (χ3n) is 4.91. The fraction of sp³-hybridized carbons (Fsp3) is 0.647. The third kappa shape index (κ3) is 5.39. The molecule has 0 bridgehead atoms. The summed E-state index contributed by atoms with van der Waals surface area (Å²) in [4.78, 5) is 2.43. The zero-order chi connectivity index (χ0) is 17.2. The van der Waals surface area contributed by atoms with Gasteiger partial charge in [-0.3, -0.25) is 4.90 Å². The fourth-order valence-corrected chi connectivity index (χ4v) is 4.15. The van der Waals surface area contributed by atoms with Gasteiger partial charge in [-0.1, -0.05) is 30.5 Å². The first-order valence-electron chi connectivity index (χ1n) is 8.44. The molecule has 0 amide bonds. The van der Waals surface area contributed by atoms with Crippen LogP contribution >= 0.6 is 24.0 Å². The molecule has 1 aliphatic heterocycles. The van der Waals surface area contributed by atoms with Crippen LogP contribution in [0.2, 0.25) is 5.02 Å². The number of hydrogen-bond acceptors (Lipinski definition) is 3. The summed E-state index contributed by atoms with van der Waals surface area (Å²) in [6.07, 6.45) is 0.0289. The number of alkyl halides is 3. The van der Waals surface area contributed by atoms with Crippen LogP contribution in [0.15, 0.2) is 18.2 Å². The first kappa shape index (κ1) is 20.6. The molecule has 2 fully saturated rings. The van der Waals surface area contributed by atoms with Crippen LogP contribution in [0, 0.1) is 5.92 Å². The standard InChI is InChI=1S/C17H22ClF3N2O.ClH/c18-14-11-13(5-6-15(14)24-17(19,20)21)16(12-3-1-2-4-12)23-9-7-22-8-10-23;/h5-6,11-12,16,22H,1-4,7-10H2;1H/t16-;/m1./s1. The van der Waals surface area contributed by atoms with Crippen molar-refractivity contribution in [3.63, 3.8) is 0 Å². The van der Waals surface area contributed by atoms with E-state index < -0.39 is 6.36 Å². The number of benzene rings is 1. The number of nitrogens with zero attached hydrogens (tertiary/aromatic N) is 1. The molecule has 1 saturated carbocycles. The van der Waals surface area contributed by atoms with Crippen molar-refractivity contribution in [1.29, 1.82) is 0 Å². The highest BCUT2D eigenvalue weighted by molar-refractivity contribution is 6.32. The SMILES string of the molecule is Cl.FC(F)(F)Oc1ccc([C@@H](C2CCCC2)N2CCNCC2)cc1Cl. The maximum absolute atomic E-state index is 12.4. The molecule has 1 N–H and O–H groups in total. The van der Waals surface area contributed by atoms with Crippen LogP contribution in [0.3, 0.4) is 0 Å². The number of hydrogen-bond donors (Lipinski definition) is 1. The molecule has 0 unspecified atom stereocenters. The summed E-state index contributed by atoms with van der Waals surface area (Å²) in [5.41, 5.74) is 0.989. The quantitative estimate of drug-likeness (QED) is 0.788. The Labute approximate surface area is 157 Å². The Kier molecular flexibility index (Phi) is 7.26. The molecule has 2 aliphatic rings. The second-order valence-corrected chi connectivity index (χ2v) is 6.92. The van der Waals surface area contributed by atoms with Crippen LogP contribution in [-0.2, 0) is 0 Å². The molecule has 3 nitrogen and oxygen atoms in total. The van der Waals surface area contributed by atoms with E-state index in [0.717, 1.165) is 44.6 Å². The minimum atomic E-state index is -4.73. The van der Waals surface area contributed by atoms with Gasteiger partial charge in [0.25, 0.3) is 0 Å². The van der Waals surface area contributed by atoms with E-state index in [4.69, 9.17) is 11.6 Å². The van der Waals surface area contributed by atoms with Crippen molar-refractivity contribution in [2.24, 2.45) is 5.92 Å². The van der Waals surface area contributed by atoms with Crippen molar-refractivity contribution < 1.29 is 17.9 Å². The number of nitrogens with one attached hydrogen (secondary N) is 1. The first-order chi connectivity index (χ1) is 11.4. The molecule has 1 aromatic rings. The summed E-state index contributed by atoms with van der Waals surface area (Å²) in [6.45, 7) is 3.76. The summed E-state index contributed by atoms with van der Waals surface area (Å²) >= 11 is 6.07. The molecule has 1 atom stereocenters. The maximum atomic E-state index is 12.4. The van der Waals surface area contributed by atoms with E-state index in [2.05, 4.69) is 15.0 Å². The van der Waals surface area contributed by atoms with Crippen LogP contribution in [0.25, 0.3) is 0 Å². The lowest BCUT2D eigenvalue weighted by molar-refractivity contribution is -0.274. The predicted molar refractivity (Wildman–Crippen MR) is 94.5 cm³/mol. The molecule has 0 aromatic heterocycles. The molecule has 3 rings (SSSR count). The molecule has 142 valence electrons. The minimum Gasteiger partial charge on any atom is -0.404 e. The average Bonchev–Trinajstić information content (AvgIpc) is 3.04. The van der Waals surface area contributed by atoms with Crippen molar-refractivity contribution in [2.75, 3.05) is 26.2 Å². The van der Waals surface area contributed by atoms with Gasteiger partial charge >= 0.3 is 6.36 Å². The van der Waals surface area contributed by atoms with E-state index in [1.807, 2.05) is 0 Å². The topological polar surface area (TPSA) is 24.5 Å². The number of halogens is 5. The van der Waals surface area contributed by atoms with E-state index in [1.165, 1.54) is 18.9 Å². The van der Waals surface area contributed by atoms with Crippen molar-refractivity contribution in [3.05, 3.63) is 28.8 Å². The molecule has 0 radical (unpaired) electrons. The number of ether oxygens (including phenoxy) is 1. The Morgan fingerprint density at radius 3 is 2.36 bits per heavy atom. The smallest absolute Gasteiger partial charge is 0.404 e. The number of piperazine rings is 1. The molecular formula is C17H23Cl2F3N2O. The van der Waals surface area contributed by atoms with Gasteiger partial charge in [-0.15, -0.1) is 25.6 Å². The molecule has 1 heterocycles. The van der Waals surface area contributed by atoms with Gasteiger partial charge in [0.1, 0.15) is 5.75 Å². The molecule has 1 saturated heterocycles. The van der Waals surface area contributed by atoms with Gasteiger partial charge in [0.15, 0.2) is 0 Å². The first-order valence-corrected chi connectivity index (χ1v) is 8.82. The molecule has 8 heteroatoms. The van der Waals surface area contributed by atoms with Gasteiger partial charge < -0.3 is 10.1 Å². The fourth-order valence-electron chi connectivity index (χ4n) is 3.92. The van der Waals surface area contributed by atoms with Crippen LogP contribution in [0.5, 0.6) is 5.75 Å². The van der Waals surface area contributed by atoms with Crippen molar-refractivity contribution in [1.82, 2.24) is 10.2 Å². The molecule has 1 aromatic carbocycles. The lowest BCUT2D eigenvalue weighted by Gasteiger charge is -2.38. The van der Waals surface area contributed by atoms with Crippen LogP contribution in [-0.4, -0.2) is 37.4 Å². The molecule has 0 spiro atoms. The zero-order valence-corrected chi connectivity index (χ0v) is 15.4. The van der Waals surface area contributed by atoms with Crippen LogP contribution in [0.1, 0.15) is 37.3 Å². The second-order valence-electron chi connectivity index (χ2n) is 6.51. The predicted octanol–water partition coefficient (Wildman–Crippen LogP) is 4.80. The average molecular weight is 399 g/mol. The summed E-state index contributed by atoms with van der Waals surface area (Å²) in [5, 5.41) is 3.36. The molecule has 25 heavy (non-hydrogen) atoms. The number of rotatable bonds is 4. The Balaban J connectivity index is 0.00000225. The van der Waals surface area contributed by atoms with E-state index in [0.29, 0.717) is 5.92 Å². The zero-order valence-electron chi connectivity index (χ0n) is 13.8. The second kappa shape index (κ2) is 8.80. The lowest BCUT2D eigenvalue weighted by Crippen LogP contribution is -2.46. The highest BCUT2D eigenvalue weighted by atomic mass is 35.5. The van der Waals surface area contributed by atoms with E-state index in [-0.39, 0.29) is 29.2 Å². The van der Waals surface area contributed by atoms with Crippen molar-refractivity contribution >= 4 is 24.0 Å². The van der Waals surface area contributed by atoms with Gasteiger partial charge in [0, 0.05) is 32.2 Å². The third-order valence-corrected chi connectivity index (χ3v) is 5.21. The Bertz CT molecular complexity index is 559. The summed E-state index contributed by atoms with van der Waals surface area (Å²) in [5.74, 6) is 0.201. The van der Waals surface area contributed by atoms with Crippen molar-refractivity contribution in [3.8, 4) is 5.75 Å². The normalized spacial score (nSPS) is 21.0. The Morgan fingerprint density at radius 2 is 1.80 bits per heavy atom. The van der Waals surface area contributed by atoms with Gasteiger partial charge in [0.2, 0.25) is 0 Å². The molecular weight excluding hydrogens is 376 g/mol. The summed E-state index contributed by atoms with van der Waals surface area (Å²) in [6, 6.07) is 4.94. The van der Waals surface area contributed by atoms with Crippen LogP contribution < -0.4 is 10.1 Å². The Morgan fingerprint density at radius 1 is 1.16 bits per heavy atom. The van der Waals surface area contributed by atoms with E-state index in [1.54, 1.807) is 12.1 Å². The van der Waals surface area contributed by atoms with Gasteiger partial charge in [-0.25, -0.2) is 0 Å². The largest absolute Gasteiger partial charge is 0.573 e. The minimum absolute atomic E-state index is 0. The highest BCUT2D eigenvalue weighted by Crippen LogP contribution is 2.41. The van der Waals surface area contributed by atoms with Gasteiger partial charge in [0.05, 0.1) is 5.02 Å². The molecule has 1 aliphatic carbocycles. The van der Waals surface area contributed by atoms with Crippen LogP contribution in [0.4, 0.5) is 13.2 Å². The van der Waals surface area contributed by atoms with E-state index >= 15 is 0 Å². The van der Waals surface area contributed by atoms with Gasteiger partial charge in [-0.05, 0) is 36.5 Å². The summed E-state index contributed by atoms with van der Waals surface area (Å²) in [7, 11) is 0. The summed E-state index contributed by atoms with van der Waals surface area (Å²) < 4.78 is 41.2. The van der Waals surface area contributed by atoms with E-state index in [9.17, 15) is 13.2 Å².